The van der Waals surface area contributed by atoms with Crippen LogP contribution >= 0.6 is 0 Å². The molecule has 0 radical (unpaired) electrons. The van der Waals surface area contributed by atoms with Crippen molar-refractivity contribution >= 4 is 16.9 Å². The zero-order valence-corrected chi connectivity index (χ0v) is 14.5. The van der Waals surface area contributed by atoms with E-state index in [4.69, 9.17) is 4.74 Å². The number of ether oxygens (including phenoxy) is 1. The second-order valence-electron chi connectivity index (χ2n) is 5.74. The number of nitrogens with zero attached hydrogens (tertiary/aromatic N) is 4. The first-order valence-electron chi connectivity index (χ1n) is 8.21. The molecule has 3 aromatic rings. The topological polar surface area (TPSA) is 68.8 Å². The molecule has 1 aromatic heterocycles. The molecule has 6 nitrogen and oxygen atoms in total. The summed E-state index contributed by atoms with van der Waals surface area (Å²) in [7, 11) is 1.60. The van der Waals surface area contributed by atoms with Gasteiger partial charge in [0.2, 0.25) is 0 Å². The van der Waals surface area contributed by atoms with Gasteiger partial charge in [0.15, 0.2) is 0 Å². The number of aromatic nitrogens is 2. The van der Waals surface area contributed by atoms with Crippen LogP contribution in [0.5, 0.6) is 5.75 Å². The number of azo groups is 1. The van der Waals surface area contributed by atoms with Gasteiger partial charge in [-0.2, -0.15) is 5.11 Å². The largest absolute Gasteiger partial charge is 0.497 e. The number of para-hydroxylation sites is 1. The Balaban J connectivity index is 2.24. The molecule has 1 atom stereocenters. The maximum atomic E-state index is 13.0. The van der Waals surface area contributed by atoms with Crippen molar-refractivity contribution in [2.24, 2.45) is 10.2 Å². The predicted octanol–water partition coefficient (Wildman–Crippen LogP) is 4.28. The Morgan fingerprint density at radius 1 is 1.16 bits per heavy atom. The lowest BCUT2D eigenvalue weighted by Gasteiger charge is -2.11. The van der Waals surface area contributed by atoms with Crippen LogP contribution in [-0.2, 0) is 0 Å². The van der Waals surface area contributed by atoms with E-state index < -0.39 is 0 Å². The highest BCUT2D eigenvalue weighted by molar-refractivity contribution is 5.78. The minimum Gasteiger partial charge on any atom is -0.497 e. The van der Waals surface area contributed by atoms with E-state index in [0.717, 1.165) is 6.42 Å². The number of rotatable bonds is 5. The van der Waals surface area contributed by atoms with Crippen LogP contribution < -0.4 is 10.3 Å². The molecule has 0 amide bonds. The molecule has 6 heteroatoms. The molecule has 0 aliphatic rings. The quantitative estimate of drug-likeness (QED) is 0.653. The van der Waals surface area contributed by atoms with Crippen LogP contribution in [-0.4, -0.2) is 22.7 Å². The van der Waals surface area contributed by atoms with Crippen molar-refractivity contribution in [2.45, 2.75) is 26.3 Å². The first-order chi connectivity index (χ1) is 12.1. The van der Waals surface area contributed by atoms with Gasteiger partial charge in [0.1, 0.15) is 5.75 Å². The zero-order valence-electron chi connectivity index (χ0n) is 14.5. The molecule has 0 fully saturated rings. The van der Waals surface area contributed by atoms with Crippen LogP contribution in [0.2, 0.25) is 0 Å². The van der Waals surface area contributed by atoms with Crippen LogP contribution in [0.4, 0.5) is 5.95 Å². The molecule has 128 valence electrons. The predicted molar refractivity (Wildman–Crippen MR) is 98.2 cm³/mol. The van der Waals surface area contributed by atoms with Crippen LogP contribution in [0, 0.1) is 0 Å². The molecular formula is C19H20N4O2. The highest BCUT2D eigenvalue weighted by atomic mass is 16.5. The summed E-state index contributed by atoms with van der Waals surface area (Å²) in [5.41, 5.74) is 1.10. The smallest absolute Gasteiger partial charge is 0.267 e. The Bertz CT molecular complexity index is 961. The van der Waals surface area contributed by atoms with Gasteiger partial charge >= 0.3 is 0 Å². The summed E-state index contributed by atoms with van der Waals surface area (Å²) in [6.45, 7) is 4.01. The molecule has 1 unspecified atom stereocenters. The van der Waals surface area contributed by atoms with Gasteiger partial charge in [0.25, 0.3) is 11.5 Å². The minimum absolute atomic E-state index is 0.0627. The van der Waals surface area contributed by atoms with Crippen molar-refractivity contribution in [1.29, 1.82) is 0 Å². The fourth-order valence-electron chi connectivity index (χ4n) is 2.38. The summed E-state index contributed by atoms with van der Waals surface area (Å²) in [5.74, 6) is 0.988. The summed E-state index contributed by atoms with van der Waals surface area (Å²) in [6, 6.07) is 14.5. The summed E-state index contributed by atoms with van der Waals surface area (Å²) >= 11 is 0. The Morgan fingerprint density at radius 3 is 2.56 bits per heavy atom. The van der Waals surface area contributed by atoms with Crippen LogP contribution in [0.15, 0.2) is 63.6 Å². The monoisotopic (exact) mass is 336 g/mol. The number of benzene rings is 2. The van der Waals surface area contributed by atoms with E-state index in [9.17, 15) is 4.79 Å². The van der Waals surface area contributed by atoms with E-state index in [1.807, 2.05) is 26.0 Å². The van der Waals surface area contributed by atoms with Crippen molar-refractivity contribution in [3.8, 4) is 11.4 Å². The molecule has 0 spiro atoms. The molecule has 0 N–H and O–H groups in total. The Hall–Kier alpha value is -3.02. The second-order valence-corrected chi connectivity index (χ2v) is 5.74. The average Bonchev–Trinajstić information content (AvgIpc) is 2.66. The number of methoxy groups -OCH3 is 1. The van der Waals surface area contributed by atoms with Gasteiger partial charge in [-0.3, -0.25) is 4.79 Å². The standard InChI is InChI=1S/C19H20N4O2/c1-4-13(2)21-22-19-20-17-8-6-5-7-16(17)18(24)23(19)14-9-11-15(25-3)12-10-14/h5-13H,4H2,1-3H3. The van der Waals surface area contributed by atoms with Crippen LogP contribution in [0.25, 0.3) is 16.6 Å². The van der Waals surface area contributed by atoms with Gasteiger partial charge in [-0.25, -0.2) is 9.55 Å². The second kappa shape index (κ2) is 7.25. The SMILES string of the molecule is CCC(C)N=Nc1nc2ccccc2c(=O)n1-c1ccc(OC)cc1. The van der Waals surface area contributed by atoms with Gasteiger partial charge in [-0.05, 0) is 49.7 Å². The third-order valence-electron chi connectivity index (χ3n) is 4.02. The lowest BCUT2D eigenvalue weighted by Crippen LogP contribution is -2.19. The fourth-order valence-corrected chi connectivity index (χ4v) is 2.38. The lowest BCUT2D eigenvalue weighted by atomic mass is 10.2. The summed E-state index contributed by atoms with van der Waals surface area (Å²) < 4.78 is 6.66. The van der Waals surface area contributed by atoms with Crippen LogP contribution in [0.3, 0.4) is 0 Å². The summed E-state index contributed by atoms with van der Waals surface area (Å²) in [4.78, 5) is 17.5. The van der Waals surface area contributed by atoms with E-state index >= 15 is 0 Å². The van der Waals surface area contributed by atoms with Crippen molar-refractivity contribution in [3.05, 3.63) is 58.9 Å². The maximum Gasteiger partial charge on any atom is 0.267 e. The number of hydrogen-bond acceptors (Lipinski definition) is 5. The minimum atomic E-state index is -0.172. The average molecular weight is 336 g/mol. The molecule has 1 heterocycles. The fraction of sp³-hybridized carbons (Fsp3) is 0.263. The van der Waals surface area contributed by atoms with E-state index in [2.05, 4.69) is 15.2 Å². The highest BCUT2D eigenvalue weighted by Gasteiger charge is 2.12. The van der Waals surface area contributed by atoms with Gasteiger partial charge in [0.05, 0.1) is 29.7 Å². The third kappa shape index (κ3) is 3.42. The van der Waals surface area contributed by atoms with E-state index in [0.29, 0.717) is 22.3 Å². The number of hydrogen-bond donors (Lipinski definition) is 0. The molecule has 0 saturated heterocycles. The third-order valence-corrected chi connectivity index (χ3v) is 4.02. The van der Waals surface area contributed by atoms with Crippen molar-refractivity contribution in [1.82, 2.24) is 9.55 Å². The molecule has 2 aromatic carbocycles. The first-order valence-corrected chi connectivity index (χ1v) is 8.21. The van der Waals surface area contributed by atoms with Gasteiger partial charge in [-0.15, -0.1) is 5.11 Å². The van der Waals surface area contributed by atoms with E-state index in [-0.39, 0.29) is 17.5 Å². The Labute approximate surface area is 145 Å². The Kier molecular flexibility index (Phi) is 4.88. The molecule has 0 aliphatic carbocycles. The molecule has 0 bridgehead atoms. The summed E-state index contributed by atoms with van der Waals surface area (Å²) in [5, 5.41) is 9.05. The normalized spacial score (nSPS) is 12.6. The first kappa shape index (κ1) is 16.8. The van der Waals surface area contributed by atoms with Crippen molar-refractivity contribution in [2.75, 3.05) is 7.11 Å². The number of fused-ring (bicyclic) bond motifs is 1. The van der Waals surface area contributed by atoms with Gasteiger partial charge < -0.3 is 4.74 Å². The van der Waals surface area contributed by atoms with E-state index in [1.54, 1.807) is 43.5 Å². The van der Waals surface area contributed by atoms with Crippen molar-refractivity contribution in [3.63, 3.8) is 0 Å². The zero-order chi connectivity index (χ0) is 17.8. The van der Waals surface area contributed by atoms with Gasteiger partial charge in [0, 0.05) is 0 Å². The summed E-state index contributed by atoms with van der Waals surface area (Å²) in [6.07, 6.45) is 0.865. The highest BCUT2D eigenvalue weighted by Crippen LogP contribution is 2.21. The maximum absolute atomic E-state index is 13.0. The van der Waals surface area contributed by atoms with Crippen molar-refractivity contribution < 1.29 is 4.74 Å². The molecular weight excluding hydrogens is 316 g/mol. The Morgan fingerprint density at radius 2 is 1.88 bits per heavy atom. The molecule has 3 rings (SSSR count). The lowest BCUT2D eigenvalue weighted by molar-refractivity contribution is 0.414. The molecule has 0 saturated carbocycles. The molecule has 25 heavy (non-hydrogen) atoms. The van der Waals surface area contributed by atoms with Crippen LogP contribution in [0.1, 0.15) is 20.3 Å². The molecule has 0 aliphatic heterocycles. The van der Waals surface area contributed by atoms with Gasteiger partial charge in [-0.1, -0.05) is 19.1 Å². The van der Waals surface area contributed by atoms with E-state index in [1.165, 1.54) is 4.57 Å².